The first kappa shape index (κ1) is 12.8. The molecule has 0 amide bonds. The van der Waals surface area contributed by atoms with Crippen LogP contribution in [0.1, 0.15) is 5.56 Å². The van der Waals surface area contributed by atoms with E-state index in [2.05, 4.69) is 26.2 Å². The fourth-order valence-electron chi connectivity index (χ4n) is 1.51. The largest absolute Gasteiger partial charge is 0.494 e. The second-order valence-electron chi connectivity index (χ2n) is 3.79. The minimum Gasteiger partial charge on any atom is -0.494 e. The van der Waals surface area contributed by atoms with Gasteiger partial charge in [0.15, 0.2) is 0 Å². The summed E-state index contributed by atoms with van der Waals surface area (Å²) in [6.45, 7) is 1.97. The van der Waals surface area contributed by atoms with Crippen LogP contribution in [0.2, 0.25) is 0 Å². The second kappa shape index (κ2) is 5.35. The molecule has 0 fully saturated rings. The molecule has 5 heteroatoms. The maximum absolute atomic E-state index is 13.1. The molecule has 1 aromatic carbocycles. The Balaban J connectivity index is 2.30. The normalized spacial score (nSPS) is 10.2. The maximum Gasteiger partial charge on any atom is 0.145 e. The number of hydrogen-bond donors (Lipinski definition) is 1. The Morgan fingerprint density at radius 1 is 1.33 bits per heavy atom. The van der Waals surface area contributed by atoms with Crippen molar-refractivity contribution in [3.63, 3.8) is 0 Å². The quantitative estimate of drug-likeness (QED) is 0.929. The molecule has 0 saturated heterocycles. The third kappa shape index (κ3) is 2.79. The molecule has 1 aromatic heterocycles. The molecular weight excluding hydrogens is 299 g/mol. The molecule has 0 bridgehead atoms. The van der Waals surface area contributed by atoms with Crippen molar-refractivity contribution in [3.8, 4) is 5.75 Å². The summed E-state index contributed by atoms with van der Waals surface area (Å²) in [5.41, 5.74) is 1.74. The summed E-state index contributed by atoms with van der Waals surface area (Å²) in [5, 5.41) is 3.10. The third-order valence-corrected chi connectivity index (χ3v) is 3.30. The lowest BCUT2D eigenvalue weighted by atomic mass is 10.2. The van der Waals surface area contributed by atoms with Gasteiger partial charge in [-0.1, -0.05) is 0 Å². The van der Waals surface area contributed by atoms with E-state index in [1.54, 1.807) is 12.3 Å². The monoisotopic (exact) mass is 310 g/mol. The lowest BCUT2D eigenvalue weighted by Crippen LogP contribution is -1.97. The zero-order valence-electron chi connectivity index (χ0n) is 10.00. The Morgan fingerprint density at radius 3 is 2.78 bits per heavy atom. The van der Waals surface area contributed by atoms with Gasteiger partial charge >= 0.3 is 0 Å². The zero-order valence-corrected chi connectivity index (χ0v) is 11.6. The molecule has 0 unspecified atom stereocenters. The molecule has 1 heterocycles. The topological polar surface area (TPSA) is 34.1 Å². The number of halogens is 2. The van der Waals surface area contributed by atoms with Crippen LogP contribution >= 0.6 is 15.9 Å². The number of aromatic nitrogens is 1. The van der Waals surface area contributed by atoms with Gasteiger partial charge in [-0.05, 0) is 46.6 Å². The number of aryl methyl sites for hydroxylation is 1. The van der Waals surface area contributed by atoms with E-state index in [9.17, 15) is 4.39 Å². The molecule has 2 rings (SSSR count). The van der Waals surface area contributed by atoms with Crippen molar-refractivity contribution in [1.29, 1.82) is 0 Å². The van der Waals surface area contributed by atoms with Gasteiger partial charge in [0.25, 0.3) is 0 Å². The number of nitrogens with zero attached hydrogens (tertiary/aromatic N) is 1. The van der Waals surface area contributed by atoms with E-state index in [0.717, 1.165) is 10.0 Å². The number of pyridine rings is 1. The van der Waals surface area contributed by atoms with Crippen LogP contribution < -0.4 is 10.1 Å². The Bertz CT molecular complexity index is 575. The summed E-state index contributed by atoms with van der Waals surface area (Å²) in [5.74, 6) is 0.787. The predicted octanol–water partition coefficient (Wildman–Crippen LogP) is 4.04. The summed E-state index contributed by atoms with van der Waals surface area (Å²) >= 11 is 3.39. The van der Waals surface area contributed by atoms with Gasteiger partial charge in [0, 0.05) is 16.7 Å². The number of nitrogens with one attached hydrogen (secondary N) is 1. The van der Waals surface area contributed by atoms with Crippen LogP contribution in [0.3, 0.4) is 0 Å². The third-order valence-electron chi connectivity index (χ3n) is 2.47. The van der Waals surface area contributed by atoms with Crippen molar-refractivity contribution >= 4 is 27.4 Å². The second-order valence-corrected chi connectivity index (χ2v) is 4.64. The number of anilines is 2. The van der Waals surface area contributed by atoms with Crippen LogP contribution in [0.25, 0.3) is 0 Å². The number of methoxy groups -OCH3 is 1. The zero-order chi connectivity index (χ0) is 13.1. The van der Waals surface area contributed by atoms with Crippen molar-refractivity contribution in [2.24, 2.45) is 0 Å². The van der Waals surface area contributed by atoms with E-state index in [-0.39, 0.29) is 5.82 Å². The van der Waals surface area contributed by atoms with E-state index in [4.69, 9.17) is 4.74 Å². The van der Waals surface area contributed by atoms with Crippen LogP contribution in [0.15, 0.2) is 34.9 Å². The molecule has 94 valence electrons. The first-order valence-electron chi connectivity index (χ1n) is 5.33. The average molecular weight is 311 g/mol. The Morgan fingerprint density at radius 2 is 2.11 bits per heavy atom. The first-order valence-corrected chi connectivity index (χ1v) is 6.12. The highest BCUT2D eigenvalue weighted by Crippen LogP contribution is 2.28. The number of ether oxygens (including phenoxy) is 1. The van der Waals surface area contributed by atoms with Gasteiger partial charge < -0.3 is 10.1 Å². The van der Waals surface area contributed by atoms with Crippen molar-refractivity contribution in [3.05, 3.63) is 46.3 Å². The number of hydrogen-bond acceptors (Lipinski definition) is 3. The van der Waals surface area contributed by atoms with Crippen molar-refractivity contribution in [1.82, 2.24) is 4.98 Å². The van der Waals surface area contributed by atoms with Crippen LogP contribution in [0.5, 0.6) is 5.75 Å². The van der Waals surface area contributed by atoms with E-state index in [1.165, 1.54) is 19.2 Å². The summed E-state index contributed by atoms with van der Waals surface area (Å²) in [6, 6.07) is 6.21. The fourth-order valence-corrected chi connectivity index (χ4v) is 1.73. The highest BCUT2D eigenvalue weighted by molar-refractivity contribution is 9.10. The van der Waals surface area contributed by atoms with Crippen molar-refractivity contribution < 1.29 is 9.13 Å². The van der Waals surface area contributed by atoms with Gasteiger partial charge in [-0.3, -0.25) is 0 Å². The van der Waals surface area contributed by atoms with Crippen molar-refractivity contribution in [2.75, 3.05) is 12.4 Å². The highest BCUT2D eigenvalue weighted by atomic mass is 79.9. The molecule has 0 atom stereocenters. The number of rotatable bonds is 3. The summed E-state index contributed by atoms with van der Waals surface area (Å²) in [6.07, 6.45) is 1.72. The van der Waals surface area contributed by atoms with Gasteiger partial charge in [0.2, 0.25) is 0 Å². The average Bonchev–Trinajstić information content (AvgIpc) is 2.36. The highest BCUT2D eigenvalue weighted by Gasteiger charge is 2.06. The molecule has 0 spiro atoms. The first-order chi connectivity index (χ1) is 8.60. The summed E-state index contributed by atoms with van der Waals surface area (Å²) in [4.78, 5) is 4.22. The van der Waals surface area contributed by atoms with Gasteiger partial charge in [0.1, 0.15) is 17.4 Å². The van der Waals surface area contributed by atoms with Crippen LogP contribution in [-0.4, -0.2) is 12.1 Å². The minimum absolute atomic E-state index is 0.336. The van der Waals surface area contributed by atoms with E-state index in [1.807, 2.05) is 13.0 Å². The minimum atomic E-state index is -0.336. The lowest BCUT2D eigenvalue weighted by molar-refractivity contribution is 0.413. The molecular formula is C13H12BrFN2O. The molecule has 0 aliphatic carbocycles. The van der Waals surface area contributed by atoms with Crippen LogP contribution in [0, 0.1) is 12.7 Å². The van der Waals surface area contributed by atoms with Crippen LogP contribution in [0.4, 0.5) is 15.9 Å². The Hall–Kier alpha value is -1.62. The van der Waals surface area contributed by atoms with Gasteiger partial charge in [-0.15, -0.1) is 0 Å². The Kier molecular flexibility index (Phi) is 3.81. The molecule has 2 aromatic rings. The summed E-state index contributed by atoms with van der Waals surface area (Å²) in [7, 11) is 1.50. The molecule has 0 aliphatic heterocycles. The van der Waals surface area contributed by atoms with Gasteiger partial charge in [-0.2, -0.15) is 0 Å². The van der Waals surface area contributed by atoms with Gasteiger partial charge in [0.05, 0.1) is 12.8 Å². The lowest BCUT2D eigenvalue weighted by Gasteiger charge is -2.11. The smallest absolute Gasteiger partial charge is 0.145 e. The molecule has 18 heavy (non-hydrogen) atoms. The SMILES string of the molecule is COc1cc(F)ccc1Nc1cc(C)c(Br)cn1. The number of benzene rings is 1. The van der Waals surface area contributed by atoms with Gasteiger partial charge in [-0.25, -0.2) is 9.37 Å². The van der Waals surface area contributed by atoms with Crippen LogP contribution in [-0.2, 0) is 0 Å². The van der Waals surface area contributed by atoms with E-state index < -0.39 is 0 Å². The molecule has 0 aliphatic rings. The van der Waals surface area contributed by atoms with E-state index in [0.29, 0.717) is 17.3 Å². The standard InChI is InChI=1S/C13H12BrFN2O/c1-8-5-13(16-7-10(8)14)17-11-4-3-9(15)6-12(11)18-2/h3-7H,1-2H3,(H,16,17). The maximum atomic E-state index is 13.1. The fraction of sp³-hybridized carbons (Fsp3) is 0.154. The van der Waals surface area contributed by atoms with E-state index >= 15 is 0 Å². The molecule has 3 nitrogen and oxygen atoms in total. The molecule has 0 saturated carbocycles. The summed E-state index contributed by atoms with van der Waals surface area (Å²) < 4.78 is 19.1. The Labute approximate surface area is 113 Å². The molecule has 1 N–H and O–H groups in total. The predicted molar refractivity (Wildman–Crippen MR) is 72.9 cm³/mol. The molecule has 0 radical (unpaired) electrons. The van der Waals surface area contributed by atoms with Crippen molar-refractivity contribution in [2.45, 2.75) is 6.92 Å².